The molecule has 0 heterocycles. The lowest BCUT2D eigenvalue weighted by Gasteiger charge is -2.05. The molecule has 0 unspecified atom stereocenters. The molecule has 0 atom stereocenters. The van der Waals surface area contributed by atoms with E-state index in [-0.39, 0.29) is 11.8 Å². The van der Waals surface area contributed by atoms with E-state index < -0.39 is 0 Å². The molecule has 0 bridgehead atoms. The van der Waals surface area contributed by atoms with Gasteiger partial charge < -0.3 is 4.74 Å². The maximum absolute atomic E-state index is 11.0. The first-order chi connectivity index (χ1) is 6.72. The second-order valence-corrected chi connectivity index (χ2v) is 3.09. The molecule has 3 heteroatoms. The van der Waals surface area contributed by atoms with Gasteiger partial charge in [0.2, 0.25) is 0 Å². The van der Waals surface area contributed by atoms with E-state index in [1.165, 1.54) is 0 Å². The monoisotopic (exact) mass is 194 g/mol. The smallest absolute Gasteiger partial charge is 0.306 e. The zero-order valence-electron chi connectivity index (χ0n) is 8.29. The van der Waals surface area contributed by atoms with Gasteiger partial charge in [-0.25, -0.2) is 0 Å². The predicted octanol–water partition coefficient (Wildman–Crippen LogP) is 1.79. The Kier molecular flexibility index (Phi) is 4.11. The van der Waals surface area contributed by atoms with Crippen molar-refractivity contribution in [2.45, 2.75) is 26.2 Å². The van der Waals surface area contributed by atoms with E-state index in [1.807, 2.05) is 6.08 Å². The molecular weight excluding hydrogens is 180 g/mol. The lowest BCUT2D eigenvalue weighted by atomic mass is 10.0. The summed E-state index contributed by atoms with van der Waals surface area (Å²) in [4.78, 5) is 21.8. The Morgan fingerprint density at radius 1 is 1.50 bits per heavy atom. The molecule has 0 aromatic heterocycles. The van der Waals surface area contributed by atoms with Crippen LogP contribution < -0.4 is 0 Å². The summed E-state index contributed by atoms with van der Waals surface area (Å²) in [7, 11) is 0. The second-order valence-electron chi connectivity index (χ2n) is 3.09. The summed E-state index contributed by atoms with van der Waals surface area (Å²) in [5.74, 6) is -0.0661. The molecule has 0 amide bonds. The van der Waals surface area contributed by atoms with Crippen LogP contribution in [0.15, 0.2) is 23.8 Å². The fourth-order valence-corrected chi connectivity index (χ4v) is 1.23. The van der Waals surface area contributed by atoms with Crippen LogP contribution >= 0.6 is 0 Å². The number of allylic oxidation sites excluding steroid dienone is 4. The zero-order valence-corrected chi connectivity index (χ0v) is 8.29. The number of ether oxygens (including phenoxy) is 1. The van der Waals surface area contributed by atoms with Crippen molar-refractivity contribution in [3.05, 3.63) is 23.8 Å². The maximum atomic E-state index is 11.0. The van der Waals surface area contributed by atoms with Gasteiger partial charge in [0, 0.05) is 12.8 Å². The van der Waals surface area contributed by atoms with Gasteiger partial charge in [-0.15, -0.1) is 0 Å². The summed E-state index contributed by atoms with van der Waals surface area (Å²) < 4.78 is 4.80. The number of rotatable bonds is 4. The maximum Gasteiger partial charge on any atom is 0.306 e. The van der Waals surface area contributed by atoms with E-state index in [9.17, 15) is 9.59 Å². The minimum absolute atomic E-state index is 0.116. The highest BCUT2D eigenvalue weighted by Gasteiger charge is 2.06. The molecule has 1 aliphatic rings. The van der Waals surface area contributed by atoms with Gasteiger partial charge in [0.1, 0.15) is 0 Å². The number of hydrogen-bond donors (Lipinski definition) is 0. The number of esters is 1. The SMILES string of the molecule is CCOC(=O)CCC1=CCC(=O)C=C1. The molecule has 0 aromatic rings. The van der Waals surface area contributed by atoms with Crippen molar-refractivity contribution in [1.29, 1.82) is 0 Å². The second kappa shape index (κ2) is 5.37. The van der Waals surface area contributed by atoms with E-state index in [0.717, 1.165) is 5.57 Å². The summed E-state index contributed by atoms with van der Waals surface area (Å²) in [5, 5.41) is 0. The van der Waals surface area contributed by atoms with Crippen molar-refractivity contribution in [3.63, 3.8) is 0 Å². The molecule has 1 rings (SSSR count). The molecule has 0 aromatic carbocycles. The highest BCUT2D eigenvalue weighted by Crippen LogP contribution is 2.13. The topological polar surface area (TPSA) is 43.4 Å². The standard InChI is InChI=1S/C11H14O3/c1-2-14-11(13)8-5-9-3-6-10(12)7-4-9/h3-4,6H,2,5,7-8H2,1H3. The third kappa shape index (κ3) is 3.56. The first-order valence-corrected chi connectivity index (χ1v) is 4.78. The van der Waals surface area contributed by atoms with Crippen molar-refractivity contribution >= 4 is 11.8 Å². The molecule has 0 N–H and O–H groups in total. The Labute approximate surface area is 83.4 Å². The Morgan fingerprint density at radius 2 is 2.29 bits per heavy atom. The Balaban J connectivity index is 2.29. The fraction of sp³-hybridized carbons (Fsp3) is 0.455. The molecule has 0 aliphatic heterocycles. The predicted molar refractivity (Wildman–Crippen MR) is 52.7 cm³/mol. The van der Waals surface area contributed by atoms with Crippen LogP contribution in [0.5, 0.6) is 0 Å². The summed E-state index contributed by atoms with van der Waals surface area (Å²) >= 11 is 0. The molecule has 0 fully saturated rings. The molecule has 1 aliphatic carbocycles. The quantitative estimate of drug-likeness (QED) is 0.641. The largest absolute Gasteiger partial charge is 0.466 e. The van der Waals surface area contributed by atoms with Gasteiger partial charge in [-0.1, -0.05) is 17.7 Å². The summed E-state index contributed by atoms with van der Waals surface area (Å²) in [6, 6.07) is 0. The molecule has 0 spiro atoms. The number of carbonyl (C=O) groups excluding carboxylic acids is 2. The molecule has 76 valence electrons. The van der Waals surface area contributed by atoms with Crippen LogP contribution in [0.4, 0.5) is 0 Å². The lowest BCUT2D eigenvalue weighted by Crippen LogP contribution is -2.04. The molecule has 0 radical (unpaired) electrons. The minimum atomic E-state index is -0.182. The lowest BCUT2D eigenvalue weighted by molar-refractivity contribution is -0.143. The third-order valence-electron chi connectivity index (χ3n) is 1.97. The first-order valence-electron chi connectivity index (χ1n) is 4.78. The summed E-state index contributed by atoms with van der Waals surface area (Å²) in [5.41, 5.74) is 1.04. The average molecular weight is 194 g/mol. The van der Waals surface area contributed by atoms with Gasteiger partial charge in [0.05, 0.1) is 6.61 Å². The van der Waals surface area contributed by atoms with Crippen LogP contribution in [0.1, 0.15) is 26.2 Å². The van der Waals surface area contributed by atoms with Gasteiger partial charge in [-0.2, -0.15) is 0 Å². The van der Waals surface area contributed by atoms with Crippen LogP contribution in [0.2, 0.25) is 0 Å². The fourth-order valence-electron chi connectivity index (χ4n) is 1.23. The van der Waals surface area contributed by atoms with Crippen LogP contribution in [-0.4, -0.2) is 18.4 Å². The third-order valence-corrected chi connectivity index (χ3v) is 1.97. The van der Waals surface area contributed by atoms with Gasteiger partial charge in [-0.3, -0.25) is 9.59 Å². The van der Waals surface area contributed by atoms with Crippen LogP contribution in [0.3, 0.4) is 0 Å². The van der Waals surface area contributed by atoms with E-state index in [2.05, 4.69) is 0 Å². The van der Waals surface area contributed by atoms with Crippen LogP contribution in [0.25, 0.3) is 0 Å². The van der Waals surface area contributed by atoms with E-state index in [0.29, 0.717) is 25.9 Å². The summed E-state index contributed by atoms with van der Waals surface area (Å²) in [6.45, 7) is 2.21. The van der Waals surface area contributed by atoms with Gasteiger partial charge in [0.15, 0.2) is 5.78 Å². The van der Waals surface area contributed by atoms with Crippen LogP contribution in [-0.2, 0) is 14.3 Å². The minimum Gasteiger partial charge on any atom is -0.466 e. The number of hydrogen-bond acceptors (Lipinski definition) is 3. The number of carbonyl (C=O) groups is 2. The van der Waals surface area contributed by atoms with Gasteiger partial charge in [-0.05, 0) is 19.4 Å². The van der Waals surface area contributed by atoms with E-state index in [1.54, 1.807) is 19.1 Å². The molecule has 0 saturated heterocycles. The Bertz CT molecular complexity index is 287. The van der Waals surface area contributed by atoms with Crippen molar-refractivity contribution in [1.82, 2.24) is 0 Å². The Morgan fingerprint density at radius 3 is 2.86 bits per heavy atom. The van der Waals surface area contributed by atoms with E-state index in [4.69, 9.17) is 4.74 Å². The zero-order chi connectivity index (χ0) is 10.4. The van der Waals surface area contributed by atoms with Crippen molar-refractivity contribution < 1.29 is 14.3 Å². The molecule has 3 nitrogen and oxygen atoms in total. The normalized spacial score (nSPS) is 15.2. The highest BCUT2D eigenvalue weighted by atomic mass is 16.5. The van der Waals surface area contributed by atoms with Crippen molar-refractivity contribution in [2.24, 2.45) is 0 Å². The van der Waals surface area contributed by atoms with Gasteiger partial charge >= 0.3 is 5.97 Å². The van der Waals surface area contributed by atoms with Crippen LogP contribution in [0, 0.1) is 0 Å². The first kappa shape index (κ1) is 10.7. The molecule has 0 saturated carbocycles. The molecular formula is C11H14O3. The van der Waals surface area contributed by atoms with Crippen molar-refractivity contribution in [3.8, 4) is 0 Å². The van der Waals surface area contributed by atoms with Crippen molar-refractivity contribution in [2.75, 3.05) is 6.61 Å². The number of ketones is 1. The summed E-state index contributed by atoms with van der Waals surface area (Å²) in [6.07, 6.45) is 6.68. The highest BCUT2D eigenvalue weighted by molar-refractivity contribution is 5.92. The molecule has 14 heavy (non-hydrogen) atoms. The van der Waals surface area contributed by atoms with E-state index >= 15 is 0 Å². The average Bonchev–Trinajstić information content (AvgIpc) is 2.17. The van der Waals surface area contributed by atoms with Gasteiger partial charge in [0.25, 0.3) is 0 Å². The Hall–Kier alpha value is -1.38.